The molecule has 0 fully saturated rings. The Hall–Kier alpha value is -2.55. The van der Waals surface area contributed by atoms with Gasteiger partial charge in [-0.3, -0.25) is 9.71 Å². The number of hydrogen-bond donors (Lipinski definition) is 2. The lowest BCUT2D eigenvalue weighted by molar-refractivity contribution is 0.400. The zero-order valence-electron chi connectivity index (χ0n) is 10.2. The van der Waals surface area contributed by atoms with Crippen molar-refractivity contribution in [1.82, 2.24) is 10.1 Å². The topological polar surface area (TPSA) is 118 Å². The average Bonchev–Trinajstić information content (AvgIpc) is 2.92. The van der Waals surface area contributed by atoms with Gasteiger partial charge in [0.2, 0.25) is 0 Å². The molecule has 0 unspecified atom stereocenters. The molecule has 3 aromatic rings. The van der Waals surface area contributed by atoms with Crippen molar-refractivity contribution in [2.45, 2.75) is 11.8 Å². The molecule has 20 heavy (non-hydrogen) atoms. The minimum Gasteiger partial charge on any atom is -0.408 e. The normalized spacial score (nSPS) is 11.8. The molecular weight excluding hydrogens is 286 g/mol. The highest BCUT2D eigenvalue weighted by molar-refractivity contribution is 7.92. The van der Waals surface area contributed by atoms with Gasteiger partial charge in [0.05, 0.1) is 10.4 Å². The van der Waals surface area contributed by atoms with Crippen molar-refractivity contribution in [1.29, 1.82) is 0 Å². The van der Waals surface area contributed by atoms with Crippen molar-refractivity contribution in [2.24, 2.45) is 0 Å². The van der Waals surface area contributed by atoms with E-state index in [0.29, 0.717) is 11.3 Å². The number of anilines is 1. The van der Waals surface area contributed by atoms with Crippen LogP contribution in [0.5, 0.6) is 0 Å². The summed E-state index contributed by atoms with van der Waals surface area (Å²) in [5.41, 5.74) is 0.584. The number of aromatic amines is 1. The fourth-order valence-corrected chi connectivity index (χ4v) is 2.70. The Morgan fingerprint density at radius 1 is 1.30 bits per heavy atom. The van der Waals surface area contributed by atoms with Crippen LogP contribution in [-0.2, 0) is 10.0 Å². The maximum absolute atomic E-state index is 12.1. The molecule has 0 amide bonds. The zero-order chi connectivity index (χ0) is 14.3. The Kier molecular flexibility index (Phi) is 2.64. The number of sulfonamides is 1. The molecule has 8 nitrogen and oxygen atoms in total. The van der Waals surface area contributed by atoms with E-state index in [1.54, 1.807) is 6.92 Å². The molecule has 2 N–H and O–H groups in total. The minimum absolute atomic E-state index is 0.0478. The number of nitrogens with one attached hydrogen (secondary N) is 2. The summed E-state index contributed by atoms with van der Waals surface area (Å²) in [5, 5.41) is 3.55. The van der Waals surface area contributed by atoms with Gasteiger partial charge in [0.15, 0.2) is 11.4 Å². The Bertz CT molecular complexity index is 934. The van der Waals surface area contributed by atoms with Crippen LogP contribution in [0, 0.1) is 6.92 Å². The highest BCUT2D eigenvalue weighted by atomic mass is 32.2. The number of nitrogens with zero attached hydrogens (tertiary/aromatic N) is 1. The van der Waals surface area contributed by atoms with E-state index >= 15 is 0 Å². The van der Waals surface area contributed by atoms with Crippen molar-refractivity contribution in [2.75, 3.05) is 4.72 Å². The smallest absolute Gasteiger partial charge is 0.408 e. The van der Waals surface area contributed by atoms with E-state index in [4.69, 9.17) is 8.94 Å². The molecule has 0 aliphatic carbocycles. The minimum atomic E-state index is -3.83. The van der Waals surface area contributed by atoms with E-state index < -0.39 is 15.8 Å². The number of aromatic nitrogens is 2. The van der Waals surface area contributed by atoms with Crippen molar-refractivity contribution < 1.29 is 17.4 Å². The van der Waals surface area contributed by atoms with Crippen LogP contribution in [0.3, 0.4) is 0 Å². The Morgan fingerprint density at radius 2 is 2.10 bits per heavy atom. The van der Waals surface area contributed by atoms with Crippen LogP contribution in [0.4, 0.5) is 5.82 Å². The van der Waals surface area contributed by atoms with E-state index in [1.165, 1.54) is 24.3 Å². The first-order chi connectivity index (χ1) is 9.44. The molecule has 0 radical (unpaired) electrons. The molecule has 2 heterocycles. The highest BCUT2D eigenvalue weighted by Gasteiger charge is 2.17. The number of H-pyrrole nitrogens is 1. The first kappa shape index (κ1) is 12.5. The van der Waals surface area contributed by atoms with Crippen molar-refractivity contribution >= 4 is 26.9 Å². The highest BCUT2D eigenvalue weighted by Crippen LogP contribution is 2.19. The van der Waals surface area contributed by atoms with Crippen LogP contribution in [0.25, 0.3) is 11.1 Å². The summed E-state index contributed by atoms with van der Waals surface area (Å²) < 4.78 is 36.1. The van der Waals surface area contributed by atoms with Gasteiger partial charge < -0.3 is 8.94 Å². The number of hydrogen-bond acceptors (Lipinski definition) is 6. The molecule has 1 aromatic carbocycles. The molecule has 0 spiro atoms. The molecule has 0 aliphatic rings. The van der Waals surface area contributed by atoms with E-state index in [2.05, 4.69) is 14.9 Å². The van der Waals surface area contributed by atoms with Gasteiger partial charge >= 0.3 is 5.76 Å². The molecular formula is C11H9N3O5S. The summed E-state index contributed by atoms with van der Waals surface area (Å²) in [6, 6.07) is 5.50. The van der Waals surface area contributed by atoms with Crippen LogP contribution in [0.15, 0.2) is 42.9 Å². The standard InChI is InChI=1S/C11H9N3O5S/c1-6-4-10(13-19-6)14-20(16,17)7-2-3-8-9(5-7)18-11(15)12-8/h2-5H,1H3,(H,12,15)(H,13,14). The summed E-state index contributed by atoms with van der Waals surface area (Å²) in [4.78, 5) is 13.4. The lowest BCUT2D eigenvalue weighted by Gasteiger charge is -2.04. The second-order valence-corrected chi connectivity index (χ2v) is 5.78. The number of rotatable bonds is 3. The monoisotopic (exact) mass is 295 g/mol. The number of fused-ring (bicyclic) bond motifs is 1. The fraction of sp³-hybridized carbons (Fsp3) is 0.0909. The molecule has 104 valence electrons. The van der Waals surface area contributed by atoms with Crippen molar-refractivity contribution in [3.05, 3.63) is 40.6 Å². The largest absolute Gasteiger partial charge is 0.417 e. The third-order valence-corrected chi connectivity index (χ3v) is 3.92. The van der Waals surface area contributed by atoms with Crippen LogP contribution in [0.2, 0.25) is 0 Å². The van der Waals surface area contributed by atoms with E-state index in [-0.39, 0.29) is 16.3 Å². The summed E-state index contributed by atoms with van der Waals surface area (Å²) in [5.74, 6) is -0.0810. The molecule has 9 heteroatoms. The van der Waals surface area contributed by atoms with E-state index in [9.17, 15) is 13.2 Å². The van der Waals surface area contributed by atoms with Crippen LogP contribution in [0.1, 0.15) is 5.76 Å². The predicted molar refractivity (Wildman–Crippen MR) is 68.9 cm³/mol. The number of aryl methyl sites for hydroxylation is 1. The maximum atomic E-state index is 12.1. The summed E-state index contributed by atoms with van der Waals surface area (Å²) in [7, 11) is -3.83. The van der Waals surface area contributed by atoms with Gasteiger partial charge in [-0.1, -0.05) is 5.16 Å². The van der Waals surface area contributed by atoms with Gasteiger partial charge in [-0.25, -0.2) is 13.2 Å². The van der Waals surface area contributed by atoms with Crippen LogP contribution >= 0.6 is 0 Å². The molecule has 0 saturated carbocycles. The Balaban J connectivity index is 2.01. The average molecular weight is 295 g/mol. The summed E-state index contributed by atoms with van der Waals surface area (Å²) in [6.07, 6.45) is 0. The van der Waals surface area contributed by atoms with Gasteiger partial charge in [-0.2, -0.15) is 0 Å². The summed E-state index contributed by atoms with van der Waals surface area (Å²) in [6.45, 7) is 1.64. The number of oxazole rings is 1. The third-order valence-electron chi connectivity index (χ3n) is 2.57. The fourth-order valence-electron chi connectivity index (χ4n) is 1.70. The summed E-state index contributed by atoms with van der Waals surface area (Å²) >= 11 is 0. The third kappa shape index (κ3) is 2.18. The van der Waals surface area contributed by atoms with Gasteiger partial charge in [0, 0.05) is 12.1 Å². The Labute approximate surface area is 112 Å². The molecule has 0 aliphatic heterocycles. The molecule has 0 atom stereocenters. The van der Waals surface area contributed by atoms with Gasteiger partial charge in [-0.15, -0.1) is 0 Å². The first-order valence-electron chi connectivity index (χ1n) is 5.53. The first-order valence-corrected chi connectivity index (χ1v) is 7.01. The molecule has 3 rings (SSSR count). The van der Waals surface area contributed by atoms with Gasteiger partial charge in [-0.05, 0) is 19.1 Å². The lowest BCUT2D eigenvalue weighted by atomic mass is 10.3. The predicted octanol–water partition coefficient (Wildman–Crippen LogP) is 1.22. The van der Waals surface area contributed by atoms with Crippen LogP contribution in [-0.4, -0.2) is 18.6 Å². The molecule has 2 aromatic heterocycles. The van der Waals surface area contributed by atoms with Crippen molar-refractivity contribution in [3.63, 3.8) is 0 Å². The zero-order valence-corrected chi connectivity index (χ0v) is 11.0. The second kappa shape index (κ2) is 4.23. The molecule has 0 bridgehead atoms. The number of benzene rings is 1. The second-order valence-electron chi connectivity index (χ2n) is 4.10. The maximum Gasteiger partial charge on any atom is 0.417 e. The van der Waals surface area contributed by atoms with Crippen LogP contribution < -0.4 is 10.5 Å². The quantitative estimate of drug-likeness (QED) is 0.750. The SMILES string of the molecule is Cc1cc(NS(=O)(=O)c2ccc3[nH]c(=O)oc3c2)no1. The Morgan fingerprint density at radius 3 is 2.80 bits per heavy atom. The van der Waals surface area contributed by atoms with Gasteiger partial charge in [0.25, 0.3) is 10.0 Å². The lowest BCUT2D eigenvalue weighted by Crippen LogP contribution is -2.12. The van der Waals surface area contributed by atoms with Crippen molar-refractivity contribution in [3.8, 4) is 0 Å². The van der Waals surface area contributed by atoms with E-state index in [0.717, 1.165) is 0 Å². The van der Waals surface area contributed by atoms with Gasteiger partial charge in [0.1, 0.15) is 5.76 Å². The van der Waals surface area contributed by atoms with E-state index in [1.807, 2.05) is 0 Å². The molecule has 0 saturated heterocycles.